The minimum Gasteiger partial charge on any atom is -0.352 e. The number of nitrogens with zero attached hydrogens (tertiary/aromatic N) is 3. The zero-order chi connectivity index (χ0) is 16.3. The fraction of sp³-hybridized carbons (Fsp3) is 0.714. The summed E-state index contributed by atoms with van der Waals surface area (Å²) in [6.07, 6.45) is -1.16. The Morgan fingerprint density at radius 1 is 1.41 bits per heavy atom. The molecule has 1 aliphatic rings. The van der Waals surface area contributed by atoms with E-state index in [-0.39, 0.29) is 5.92 Å². The molecule has 1 fully saturated rings. The molecule has 1 aliphatic heterocycles. The molecule has 0 aliphatic carbocycles. The first-order valence-electron chi connectivity index (χ1n) is 7.38. The highest BCUT2D eigenvalue weighted by Crippen LogP contribution is 2.30. The average molecular weight is 318 g/mol. The molecule has 1 aromatic heterocycles. The van der Waals surface area contributed by atoms with E-state index in [0.29, 0.717) is 6.54 Å². The summed E-state index contributed by atoms with van der Waals surface area (Å²) >= 11 is 0. The summed E-state index contributed by atoms with van der Waals surface area (Å²) in [6.45, 7) is 5.28. The van der Waals surface area contributed by atoms with Crippen LogP contribution in [-0.4, -0.2) is 46.8 Å². The molecule has 0 spiro atoms. The predicted octanol–water partition coefficient (Wildman–Crippen LogP) is 1.90. The summed E-state index contributed by atoms with van der Waals surface area (Å²) in [4.78, 5) is 14.3. The van der Waals surface area contributed by atoms with E-state index >= 15 is 0 Å². The topological polar surface area (TPSA) is 50.2 Å². The van der Waals surface area contributed by atoms with Crippen LogP contribution in [-0.2, 0) is 13.2 Å². The zero-order valence-corrected chi connectivity index (χ0v) is 12.8. The summed E-state index contributed by atoms with van der Waals surface area (Å²) in [5, 5.41) is 5.92. The molecule has 0 radical (unpaired) electrons. The normalized spacial score (nSPS) is 17.7. The highest BCUT2D eigenvalue weighted by atomic mass is 19.4. The Morgan fingerprint density at radius 2 is 2.05 bits per heavy atom. The van der Waals surface area contributed by atoms with E-state index in [4.69, 9.17) is 0 Å². The van der Waals surface area contributed by atoms with Gasteiger partial charge in [-0.3, -0.25) is 9.48 Å². The Balaban J connectivity index is 1.92. The minimum absolute atomic E-state index is 0.188. The number of nitrogens with one attached hydrogen (secondary N) is 1. The van der Waals surface area contributed by atoms with Gasteiger partial charge in [-0.05, 0) is 31.8 Å². The SMILES string of the molecule is C[C@H](CNC(=O)c1cn(C)nc1C(F)(F)F)CN1CCCC1. The molecule has 0 bridgehead atoms. The molecule has 1 saturated heterocycles. The Labute approximate surface area is 127 Å². The lowest BCUT2D eigenvalue weighted by atomic mass is 10.1. The molecule has 22 heavy (non-hydrogen) atoms. The van der Waals surface area contributed by atoms with Crippen molar-refractivity contribution in [3.63, 3.8) is 0 Å². The molecule has 5 nitrogen and oxygen atoms in total. The van der Waals surface area contributed by atoms with Gasteiger partial charge < -0.3 is 10.2 Å². The van der Waals surface area contributed by atoms with E-state index in [9.17, 15) is 18.0 Å². The number of alkyl halides is 3. The minimum atomic E-state index is -4.63. The molecule has 1 aromatic rings. The summed E-state index contributed by atoms with van der Waals surface area (Å²) in [7, 11) is 1.36. The first-order chi connectivity index (χ1) is 10.3. The number of carbonyl (C=O) groups is 1. The van der Waals surface area contributed by atoms with Crippen LogP contribution in [0, 0.1) is 5.92 Å². The quantitative estimate of drug-likeness (QED) is 0.902. The van der Waals surface area contributed by atoms with E-state index in [1.807, 2.05) is 6.92 Å². The first-order valence-corrected chi connectivity index (χ1v) is 7.38. The highest BCUT2D eigenvalue weighted by Gasteiger charge is 2.38. The van der Waals surface area contributed by atoms with Crippen molar-refractivity contribution in [2.75, 3.05) is 26.2 Å². The Kier molecular flexibility index (Phi) is 5.10. The Hall–Kier alpha value is -1.57. The molecule has 2 rings (SSSR count). The van der Waals surface area contributed by atoms with E-state index < -0.39 is 23.3 Å². The van der Waals surface area contributed by atoms with Crippen molar-refractivity contribution in [1.29, 1.82) is 0 Å². The van der Waals surface area contributed by atoms with Crippen molar-refractivity contribution in [2.45, 2.75) is 25.9 Å². The molecule has 0 unspecified atom stereocenters. The first kappa shape index (κ1) is 16.8. The van der Waals surface area contributed by atoms with Gasteiger partial charge in [0.05, 0.1) is 5.56 Å². The second-order valence-corrected chi connectivity index (χ2v) is 5.89. The van der Waals surface area contributed by atoms with Crippen molar-refractivity contribution in [2.24, 2.45) is 13.0 Å². The fourth-order valence-electron chi connectivity index (χ4n) is 2.70. The number of hydrogen-bond acceptors (Lipinski definition) is 3. The second kappa shape index (κ2) is 6.68. The third-order valence-corrected chi connectivity index (χ3v) is 3.72. The lowest BCUT2D eigenvalue weighted by Gasteiger charge is -2.20. The number of amides is 1. The lowest BCUT2D eigenvalue weighted by molar-refractivity contribution is -0.141. The van der Waals surface area contributed by atoms with Crippen LogP contribution in [0.1, 0.15) is 35.8 Å². The number of rotatable bonds is 5. The number of likely N-dealkylation sites (tertiary alicyclic amines) is 1. The van der Waals surface area contributed by atoms with Crippen LogP contribution in [0.3, 0.4) is 0 Å². The van der Waals surface area contributed by atoms with E-state index in [1.165, 1.54) is 19.9 Å². The molecule has 0 aromatic carbocycles. The molecule has 2 heterocycles. The van der Waals surface area contributed by atoms with E-state index in [1.54, 1.807) is 0 Å². The Bertz CT molecular complexity index is 521. The van der Waals surface area contributed by atoms with Crippen LogP contribution in [0.4, 0.5) is 13.2 Å². The molecular formula is C14H21F3N4O. The van der Waals surface area contributed by atoms with Crippen molar-refractivity contribution in [1.82, 2.24) is 20.0 Å². The maximum atomic E-state index is 12.8. The maximum Gasteiger partial charge on any atom is 0.435 e. The second-order valence-electron chi connectivity index (χ2n) is 5.89. The van der Waals surface area contributed by atoms with Crippen LogP contribution in [0.5, 0.6) is 0 Å². The van der Waals surface area contributed by atoms with Crippen LogP contribution in [0.15, 0.2) is 6.20 Å². The number of hydrogen-bond donors (Lipinski definition) is 1. The molecule has 124 valence electrons. The predicted molar refractivity (Wildman–Crippen MR) is 75.4 cm³/mol. The van der Waals surface area contributed by atoms with E-state index in [2.05, 4.69) is 15.3 Å². The van der Waals surface area contributed by atoms with Crippen LogP contribution < -0.4 is 5.32 Å². The molecular weight excluding hydrogens is 297 g/mol. The third-order valence-electron chi connectivity index (χ3n) is 3.72. The zero-order valence-electron chi connectivity index (χ0n) is 12.8. The number of halogens is 3. The molecule has 1 amide bonds. The van der Waals surface area contributed by atoms with Crippen molar-refractivity contribution in [3.8, 4) is 0 Å². The van der Waals surface area contributed by atoms with Gasteiger partial charge >= 0.3 is 6.18 Å². The summed E-state index contributed by atoms with van der Waals surface area (Å²) < 4.78 is 39.5. The van der Waals surface area contributed by atoms with Gasteiger partial charge in [0.1, 0.15) is 0 Å². The average Bonchev–Trinajstić information content (AvgIpc) is 3.04. The summed E-state index contributed by atoms with van der Waals surface area (Å²) in [5.41, 5.74) is -1.57. The van der Waals surface area contributed by atoms with Crippen molar-refractivity contribution >= 4 is 5.91 Å². The third kappa shape index (κ3) is 4.22. The van der Waals surface area contributed by atoms with Crippen LogP contribution in [0.2, 0.25) is 0 Å². The van der Waals surface area contributed by atoms with Gasteiger partial charge in [0, 0.05) is 26.3 Å². The standard InChI is InChI=1S/C14H21F3N4O/c1-10(8-21-5-3-4-6-21)7-18-13(22)11-9-20(2)19-12(11)14(15,16)17/h9-10H,3-8H2,1-2H3,(H,18,22)/t10-/m1/s1. The molecule has 1 atom stereocenters. The van der Waals surface area contributed by atoms with E-state index in [0.717, 1.165) is 30.5 Å². The van der Waals surface area contributed by atoms with Crippen LogP contribution in [0.25, 0.3) is 0 Å². The molecule has 1 N–H and O–H groups in total. The van der Waals surface area contributed by atoms with Crippen LogP contribution >= 0.6 is 0 Å². The summed E-state index contributed by atoms with van der Waals surface area (Å²) in [6, 6.07) is 0. The smallest absolute Gasteiger partial charge is 0.352 e. The monoisotopic (exact) mass is 318 g/mol. The molecule has 0 saturated carbocycles. The number of aromatic nitrogens is 2. The largest absolute Gasteiger partial charge is 0.435 e. The van der Waals surface area contributed by atoms with Gasteiger partial charge in [0.25, 0.3) is 5.91 Å². The summed E-state index contributed by atoms with van der Waals surface area (Å²) in [5.74, 6) is -0.540. The number of aryl methyl sites for hydroxylation is 1. The fourth-order valence-corrected chi connectivity index (χ4v) is 2.70. The van der Waals surface area contributed by atoms with Crippen molar-refractivity contribution in [3.05, 3.63) is 17.5 Å². The Morgan fingerprint density at radius 3 is 2.64 bits per heavy atom. The molecule has 8 heteroatoms. The van der Waals surface area contributed by atoms with Gasteiger partial charge in [0.2, 0.25) is 0 Å². The van der Waals surface area contributed by atoms with Gasteiger partial charge in [0.15, 0.2) is 5.69 Å². The number of carbonyl (C=O) groups excluding carboxylic acids is 1. The van der Waals surface area contributed by atoms with Gasteiger partial charge in [-0.1, -0.05) is 6.92 Å². The highest BCUT2D eigenvalue weighted by molar-refractivity contribution is 5.95. The maximum absolute atomic E-state index is 12.8. The van der Waals surface area contributed by atoms with Gasteiger partial charge in [-0.25, -0.2) is 0 Å². The van der Waals surface area contributed by atoms with Gasteiger partial charge in [-0.15, -0.1) is 0 Å². The van der Waals surface area contributed by atoms with Gasteiger partial charge in [-0.2, -0.15) is 18.3 Å². The van der Waals surface area contributed by atoms with Crippen molar-refractivity contribution < 1.29 is 18.0 Å². The lowest BCUT2D eigenvalue weighted by Crippen LogP contribution is -2.35.